The summed E-state index contributed by atoms with van der Waals surface area (Å²) in [4.78, 5) is 11.8. The predicted octanol–water partition coefficient (Wildman–Crippen LogP) is 4.11. The number of rotatable bonds is 4. The van der Waals surface area contributed by atoms with Gasteiger partial charge in [0, 0.05) is 10.7 Å². The lowest BCUT2D eigenvalue weighted by Gasteiger charge is -2.10. The molecular formula is C16H15ClFNO2. The van der Waals surface area contributed by atoms with Crippen LogP contribution in [0.25, 0.3) is 0 Å². The van der Waals surface area contributed by atoms with Crippen LogP contribution in [0.2, 0.25) is 5.02 Å². The molecule has 0 aliphatic rings. The number of nitrogens with one attached hydrogen (secondary N) is 1. The van der Waals surface area contributed by atoms with Crippen LogP contribution >= 0.6 is 11.6 Å². The topological polar surface area (TPSA) is 38.3 Å². The molecule has 0 unspecified atom stereocenters. The number of benzene rings is 2. The van der Waals surface area contributed by atoms with E-state index in [1.54, 1.807) is 37.3 Å². The maximum Gasteiger partial charge on any atom is 0.262 e. The van der Waals surface area contributed by atoms with Crippen LogP contribution in [0.3, 0.4) is 0 Å². The number of carbonyl (C=O) groups excluding carboxylic acids is 1. The van der Waals surface area contributed by atoms with Gasteiger partial charge in [-0.25, -0.2) is 4.39 Å². The van der Waals surface area contributed by atoms with Gasteiger partial charge >= 0.3 is 0 Å². The first-order valence-corrected chi connectivity index (χ1v) is 6.78. The molecule has 2 aromatic carbocycles. The van der Waals surface area contributed by atoms with Crippen molar-refractivity contribution in [3.63, 3.8) is 0 Å². The van der Waals surface area contributed by atoms with Crippen LogP contribution in [0.1, 0.15) is 11.1 Å². The van der Waals surface area contributed by atoms with Crippen molar-refractivity contribution in [3.05, 3.63) is 58.4 Å². The Morgan fingerprint density at radius 1 is 1.19 bits per heavy atom. The van der Waals surface area contributed by atoms with Gasteiger partial charge in [-0.15, -0.1) is 0 Å². The summed E-state index contributed by atoms with van der Waals surface area (Å²) in [7, 11) is 0. The van der Waals surface area contributed by atoms with Gasteiger partial charge in [0.2, 0.25) is 0 Å². The number of anilines is 1. The van der Waals surface area contributed by atoms with Gasteiger partial charge in [0.15, 0.2) is 6.61 Å². The molecule has 21 heavy (non-hydrogen) atoms. The van der Waals surface area contributed by atoms with Crippen molar-refractivity contribution in [2.24, 2.45) is 0 Å². The molecule has 0 radical (unpaired) electrons. The second-order valence-electron chi connectivity index (χ2n) is 4.71. The Morgan fingerprint density at radius 2 is 1.95 bits per heavy atom. The zero-order valence-corrected chi connectivity index (χ0v) is 12.5. The lowest BCUT2D eigenvalue weighted by atomic mass is 10.2. The van der Waals surface area contributed by atoms with Crippen LogP contribution in [0.4, 0.5) is 10.1 Å². The highest BCUT2D eigenvalue weighted by atomic mass is 35.5. The summed E-state index contributed by atoms with van der Waals surface area (Å²) in [5.74, 6) is -0.125. The molecule has 2 rings (SSSR count). The first kappa shape index (κ1) is 15.3. The number of carbonyl (C=O) groups is 1. The summed E-state index contributed by atoms with van der Waals surface area (Å²) in [6.07, 6.45) is 0. The normalized spacial score (nSPS) is 10.3. The van der Waals surface area contributed by atoms with Crippen molar-refractivity contribution in [1.29, 1.82) is 0 Å². The molecule has 5 heteroatoms. The Hall–Kier alpha value is -2.07. The van der Waals surface area contributed by atoms with Crippen LogP contribution in [0.15, 0.2) is 36.4 Å². The average Bonchev–Trinajstić information content (AvgIpc) is 2.42. The highest BCUT2D eigenvalue weighted by molar-refractivity contribution is 6.30. The van der Waals surface area contributed by atoms with Gasteiger partial charge in [-0.05, 0) is 55.3 Å². The molecule has 0 bridgehead atoms. The van der Waals surface area contributed by atoms with E-state index in [1.165, 1.54) is 6.07 Å². The van der Waals surface area contributed by atoms with Crippen LogP contribution in [-0.4, -0.2) is 12.5 Å². The second-order valence-corrected chi connectivity index (χ2v) is 5.15. The van der Waals surface area contributed by atoms with E-state index in [1.807, 2.05) is 6.92 Å². The van der Waals surface area contributed by atoms with Gasteiger partial charge in [0.25, 0.3) is 5.91 Å². The molecule has 0 heterocycles. The molecule has 1 amide bonds. The summed E-state index contributed by atoms with van der Waals surface area (Å²) in [6.45, 7) is 3.35. The lowest BCUT2D eigenvalue weighted by molar-refractivity contribution is -0.118. The molecular weight excluding hydrogens is 293 g/mol. The third-order valence-electron chi connectivity index (χ3n) is 2.95. The summed E-state index contributed by atoms with van der Waals surface area (Å²) in [5.41, 5.74) is 1.78. The molecule has 0 aromatic heterocycles. The van der Waals surface area contributed by atoms with Gasteiger partial charge < -0.3 is 10.1 Å². The highest BCUT2D eigenvalue weighted by Gasteiger charge is 2.07. The number of ether oxygens (including phenoxy) is 1. The molecule has 0 aliphatic carbocycles. The number of aryl methyl sites for hydroxylation is 2. The number of hydrogen-bond donors (Lipinski definition) is 1. The van der Waals surface area contributed by atoms with Crippen molar-refractivity contribution in [2.45, 2.75) is 13.8 Å². The first-order valence-electron chi connectivity index (χ1n) is 6.40. The smallest absolute Gasteiger partial charge is 0.262 e. The average molecular weight is 308 g/mol. The van der Waals surface area contributed by atoms with E-state index in [0.29, 0.717) is 22.0 Å². The lowest BCUT2D eigenvalue weighted by Crippen LogP contribution is -2.20. The molecule has 1 N–H and O–H groups in total. The van der Waals surface area contributed by atoms with E-state index >= 15 is 0 Å². The molecule has 0 aliphatic heterocycles. The van der Waals surface area contributed by atoms with Crippen LogP contribution < -0.4 is 10.1 Å². The predicted molar refractivity (Wildman–Crippen MR) is 81.5 cm³/mol. The van der Waals surface area contributed by atoms with Gasteiger partial charge in [-0.1, -0.05) is 17.7 Å². The molecule has 0 spiro atoms. The van der Waals surface area contributed by atoms with Crippen LogP contribution in [0.5, 0.6) is 5.75 Å². The Balaban J connectivity index is 1.94. The highest BCUT2D eigenvalue weighted by Crippen LogP contribution is 2.21. The molecule has 0 saturated carbocycles. The first-order chi connectivity index (χ1) is 9.95. The monoisotopic (exact) mass is 307 g/mol. The fraction of sp³-hybridized carbons (Fsp3) is 0.188. The number of amides is 1. The molecule has 110 valence electrons. The van der Waals surface area contributed by atoms with Crippen molar-refractivity contribution >= 4 is 23.2 Å². The maximum atomic E-state index is 13.4. The van der Waals surface area contributed by atoms with Crippen molar-refractivity contribution < 1.29 is 13.9 Å². The van der Waals surface area contributed by atoms with Crippen LogP contribution in [-0.2, 0) is 4.79 Å². The third kappa shape index (κ3) is 4.20. The molecule has 0 atom stereocenters. The second kappa shape index (κ2) is 6.59. The van der Waals surface area contributed by atoms with E-state index in [2.05, 4.69) is 5.32 Å². The summed E-state index contributed by atoms with van der Waals surface area (Å²) in [6, 6.07) is 9.68. The standard InChI is InChI=1S/C16H15ClFNO2/c1-10-3-5-13(8-14(10)18)19-16(20)9-21-15-6-4-12(17)7-11(15)2/h3-8H,9H2,1-2H3,(H,19,20). The summed E-state index contributed by atoms with van der Waals surface area (Å²) in [5, 5.41) is 3.19. The Morgan fingerprint density at radius 3 is 2.62 bits per heavy atom. The van der Waals surface area contributed by atoms with E-state index in [0.717, 1.165) is 5.56 Å². The maximum absolute atomic E-state index is 13.4. The number of halogens is 2. The van der Waals surface area contributed by atoms with Gasteiger partial charge in [0.1, 0.15) is 11.6 Å². The van der Waals surface area contributed by atoms with E-state index in [9.17, 15) is 9.18 Å². The minimum Gasteiger partial charge on any atom is -0.483 e. The molecule has 2 aromatic rings. The van der Waals surface area contributed by atoms with E-state index in [-0.39, 0.29) is 18.3 Å². The Labute approximate surface area is 127 Å². The van der Waals surface area contributed by atoms with Gasteiger partial charge in [-0.3, -0.25) is 4.79 Å². The minimum absolute atomic E-state index is 0.155. The quantitative estimate of drug-likeness (QED) is 0.923. The van der Waals surface area contributed by atoms with Gasteiger partial charge in [-0.2, -0.15) is 0 Å². The van der Waals surface area contributed by atoms with E-state index < -0.39 is 0 Å². The largest absolute Gasteiger partial charge is 0.483 e. The van der Waals surface area contributed by atoms with E-state index in [4.69, 9.17) is 16.3 Å². The minimum atomic E-state index is -0.359. The Bertz CT molecular complexity index is 673. The summed E-state index contributed by atoms with van der Waals surface area (Å²) < 4.78 is 18.8. The molecule has 0 fully saturated rings. The molecule has 0 saturated heterocycles. The zero-order valence-electron chi connectivity index (χ0n) is 11.7. The van der Waals surface area contributed by atoms with Crippen molar-refractivity contribution in [3.8, 4) is 5.75 Å². The van der Waals surface area contributed by atoms with Crippen LogP contribution in [0, 0.1) is 19.7 Å². The summed E-state index contributed by atoms with van der Waals surface area (Å²) >= 11 is 5.84. The number of hydrogen-bond acceptors (Lipinski definition) is 2. The van der Waals surface area contributed by atoms with Crippen molar-refractivity contribution in [2.75, 3.05) is 11.9 Å². The zero-order chi connectivity index (χ0) is 15.4. The molecule has 3 nitrogen and oxygen atoms in total. The van der Waals surface area contributed by atoms with Crippen molar-refractivity contribution in [1.82, 2.24) is 0 Å². The fourth-order valence-electron chi connectivity index (χ4n) is 1.79. The van der Waals surface area contributed by atoms with Gasteiger partial charge in [0.05, 0.1) is 0 Å². The third-order valence-corrected chi connectivity index (χ3v) is 3.19. The fourth-order valence-corrected chi connectivity index (χ4v) is 2.01. The Kier molecular flexibility index (Phi) is 4.81. The SMILES string of the molecule is Cc1ccc(NC(=O)COc2ccc(Cl)cc2C)cc1F.